The number of halogens is 3. The molecular weight excluding hydrogens is 285 g/mol. The molecule has 4 nitrogen and oxygen atoms in total. The lowest BCUT2D eigenvalue weighted by Crippen LogP contribution is -2.60. The van der Waals surface area contributed by atoms with Gasteiger partial charge in [0.15, 0.2) is 5.60 Å². The number of rotatable bonds is 6. The van der Waals surface area contributed by atoms with E-state index in [-0.39, 0.29) is 12.5 Å². The van der Waals surface area contributed by atoms with Crippen LogP contribution in [0.3, 0.4) is 0 Å². The number of nitrogens with one attached hydrogen (secondary N) is 1. The summed E-state index contributed by atoms with van der Waals surface area (Å²) in [5.41, 5.74) is -2.62. The van der Waals surface area contributed by atoms with Gasteiger partial charge in [-0.2, -0.15) is 13.2 Å². The lowest BCUT2D eigenvalue weighted by atomic mass is 9.95. The Morgan fingerprint density at radius 1 is 1.24 bits per heavy atom. The van der Waals surface area contributed by atoms with Crippen molar-refractivity contribution in [3.8, 4) is 0 Å². The molecule has 0 amide bonds. The molecule has 2 N–H and O–H groups in total. The van der Waals surface area contributed by atoms with Gasteiger partial charge in [-0.25, -0.2) is 0 Å². The molecule has 2 saturated heterocycles. The molecule has 0 spiro atoms. The third-order valence-corrected chi connectivity index (χ3v) is 4.76. The Labute approximate surface area is 123 Å². The molecule has 0 saturated carbocycles. The molecule has 124 valence electrons. The molecule has 0 bridgehead atoms. The van der Waals surface area contributed by atoms with Crippen molar-refractivity contribution in [2.45, 2.75) is 56.5 Å². The van der Waals surface area contributed by atoms with E-state index in [4.69, 9.17) is 4.74 Å². The van der Waals surface area contributed by atoms with E-state index in [1.807, 2.05) is 0 Å². The molecule has 0 radical (unpaired) electrons. The second-order valence-electron chi connectivity index (χ2n) is 6.04. The van der Waals surface area contributed by atoms with Gasteiger partial charge in [0.2, 0.25) is 0 Å². The molecule has 0 aromatic rings. The van der Waals surface area contributed by atoms with E-state index >= 15 is 0 Å². The third kappa shape index (κ3) is 3.88. The molecular formula is C14H25F3N2O2. The Kier molecular flexibility index (Phi) is 5.51. The van der Waals surface area contributed by atoms with Crippen LogP contribution in [0, 0.1) is 0 Å². The van der Waals surface area contributed by atoms with E-state index in [0.29, 0.717) is 12.6 Å². The largest absolute Gasteiger partial charge is 0.418 e. The van der Waals surface area contributed by atoms with Crippen LogP contribution >= 0.6 is 0 Å². The molecule has 2 fully saturated rings. The highest BCUT2D eigenvalue weighted by molar-refractivity contribution is 4.92. The molecule has 7 heteroatoms. The van der Waals surface area contributed by atoms with Gasteiger partial charge in [-0.3, -0.25) is 4.90 Å². The number of nitrogens with zero attached hydrogens (tertiary/aromatic N) is 1. The van der Waals surface area contributed by atoms with E-state index in [1.165, 1.54) is 6.92 Å². The van der Waals surface area contributed by atoms with Crippen molar-refractivity contribution in [3.63, 3.8) is 0 Å². The van der Waals surface area contributed by atoms with E-state index < -0.39 is 18.3 Å². The Morgan fingerprint density at radius 3 is 2.38 bits per heavy atom. The number of likely N-dealkylation sites (tertiary alicyclic amines) is 1. The molecule has 0 aliphatic carbocycles. The first kappa shape index (κ1) is 17.0. The predicted molar refractivity (Wildman–Crippen MR) is 73.1 cm³/mol. The van der Waals surface area contributed by atoms with Crippen molar-refractivity contribution in [2.24, 2.45) is 0 Å². The zero-order valence-corrected chi connectivity index (χ0v) is 12.5. The van der Waals surface area contributed by atoms with Crippen molar-refractivity contribution in [1.29, 1.82) is 0 Å². The Balaban J connectivity index is 1.75. The Hall–Kier alpha value is -0.370. The van der Waals surface area contributed by atoms with Crippen molar-refractivity contribution in [3.05, 3.63) is 0 Å². The molecule has 2 atom stereocenters. The first-order valence-corrected chi connectivity index (χ1v) is 7.70. The number of alkyl halides is 3. The summed E-state index contributed by atoms with van der Waals surface area (Å²) >= 11 is 0. The summed E-state index contributed by atoms with van der Waals surface area (Å²) in [6.07, 6.45) is -1.93. The van der Waals surface area contributed by atoms with Crippen LogP contribution in [0.5, 0.6) is 0 Å². The summed E-state index contributed by atoms with van der Waals surface area (Å²) < 4.78 is 43.7. The summed E-state index contributed by atoms with van der Waals surface area (Å²) in [6, 6.07) is 0.773. The number of ether oxygens (including phenoxy) is 1. The highest BCUT2D eigenvalue weighted by Gasteiger charge is 2.52. The van der Waals surface area contributed by atoms with Crippen LogP contribution in [-0.2, 0) is 4.74 Å². The predicted octanol–water partition coefficient (Wildman–Crippen LogP) is 1.53. The average molecular weight is 310 g/mol. The van der Waals surface area contributed by atoms with Crippen molar-refractivity contribution in [2.75, 3.05) is 32.8 Å². The van der Waals surface area contributed by atoms with Crippen LogP contribution in [0.4, 0.5) is 13.2 Å². The molecule has 2 aliphatic rings. The van der Waals surface area contributed by atoms with Gasteiger partial charge in [0.05, 0.1) is 0 Å². The van der Waals surface area contributed by atoms with Gasteiger partial charge < -0.3 is 15.2 Å². The first-order valence-electron chi connectivity index (χ1n) is 7.70. The second kappa shape index (κ2) is 6.81. The number of hydrogen-bond donors (Lipinski definition) is 2. The van der Waals surface area contributed by atoms with Crippen molar-refractivity contribution >= 4 is 0 Å². The maximum atomic E-state index is 12.8. The fourth-order valence-electron chi connectivity index (χ4n) is 3.05. The quantitative estimate of drug-likeness (QED) is 0.781. The topological polar surface area (TPSA) is 44.7 Å². The van der Waals surface area contributed by atoms with Gasteiger partial charge in [-0.1, -0.05) is 6.92 Å². The summed E-state index contributed by atoms with van der Waals surface area (Å²) in [5, 5.41) is 12.5. The van der Waals surface area contributed by atoms with E-state index in [0.717, 1.165) is 39.0 Å². The van der Waals surface area contributed by atoms with Gasteiger partial charge in [-0.05, 0) is 25.7 Å². The Morgan fingerprint density at radius 2 is 1.90 bits per heavy atom. The van der Waals surface area contributed by atoms with Gasteiger partial charge >= 0.3 is 6.18 Å². The molecule has 2 heterocycles. The second-order valence-corrected chi connectivity index (χ2v) is 6.04. The fraction of sp³-hybridized carbons (Fsp3) is 1.00. The monoisotopic (exact) mass is 310 g/mol. The van der Waals surface area contributed by atoms with Gasteiger partial charge in [0.1, 0.15) is 0 Å². The summed E-state index contributed by atoms with van der Waals surface area (Å²) in [5.74, 6) is 0. The highest BCUT2D eigenvalue weighted by Crippen LogP contribution is 2.32. The lowest BCUT2D eigenvalue weighted by Gasteiger charge is -2.47. The standard InChI is InChI=1S/C14H25F3N2O2/c1-2-13(20,14(15,16)17)10-18-9-12-3-6-19(12)11-4-7-21-8-5-11/h11-12,18,20H,2-10H2,1H3. The smallest absolute Gasteiger partial charge is 0.381 e. The maximum Gasteiger partial charge on any atom is 0.418 e. The third-order valence-electron chi connectivity index (χ3n) is 4.76. The summed E-state index contributed by atoms with van der Waals surface area (Å²) in [4.78, 5) is 2.36. The van der Waals surface area contributed by atoms with Gasteiger partial charge in [-0.15, -0.1) is 0 Å². The van der Waals surface area contributed by atoms with Crippen molar-refractivity contribution in [1.82, 2.24) is 10.2 Å². The Bertz CT molecular complexity index is 335. The minimum atomic E-state index is -4.59. The van der Waals surface area contributed by atoms with Crippen LogP contribution < -0.4 is 5.32 Å². The molecule has 0 aromatic heterocycles. The van der Waals surface area contributed by atoms with E-state index in [9.17, 15) is 18.3 Å². The van der Waals surface area contributed by atoms with E-state index in [1.54, 1.807) is 0 Å². The summed E-state index contributed by atoms with van der Waals surface area (Å²) in [7, 11) is 0. The van der Waals surface area contributed by atoms with Crippen LogP contribution in [0.25, 0.3) is 0 Å². The molecule has 2 aliphatic heterocycles. The minimum Gasteiger partial charge on any atom is -0.381 e. The number of hydrogen-bond acceptors (Lipinski definition) is 4. The van der Waals surface area contributed by atoms with Crippen LogP contribution in [-0.4, -0.2) is 66.7 Å². The molecule has 2 unspecified atom stereocenters. The van der Waals surface area contributed by atoms with Gasteiger partial charge in [0, 0.05) is 44.9 Å². The lowest BCUT2D eigenvalue weighted by molar-refractivity contribution is -0.259. The van der Waals surface area contributed by atoms with Crippen molar-refractivity contribution < 1.29 is 23.0 Å². The van der Waals surface area contributed by atoms with Crippen LogP contribution in [0.2, 0.25) is 0 Å². The molecule has 2 rings (SSSR count). The normalized spacial score (nSPS) is 28.1. The fourth-order valence-corrected chi connectivity index (χ4v) is 3.05. The SMILES string of the molecule is CCC(O)(CNCC1CCN1C1CCOCC1)C(F)(F)F. The zero-order chi connectivity index (χ0) is 15.5. The number of aliphatic hydroxyl groups is 1. The van der Waals surface area contributed by atoms with Gasteiger partial charge in [0.25, 0.3) is 0 Å². The van der Waals surface area contributed by atoms with Crippen LogP contribution in [0.15, 0.2) is 0 Å². The minimum absolute atomic E-state index is 0.280. The molecule has 0 aromatic carbocycles. The average Bonchev–Trinajstić information content (AvgIpc) is 2.42. The maximum absolute atomic E-state index is 12.8. The molecule has 21 heavy (non-hydrogen) atoms. The van der Waals surface area contributed by atoms with Crippen LogP contribution in [0.1, 0.15) is 32.6 Å². The first-order chi connectivity index (χ1) is 9.87. The highest BCUT2D eigenvalue weighted by atomic mass is 19.4. The zero-order valence-electron chi connectivity index (χ0n) is 12.5. The van der Waals surface area contributed by atoms with E-state index in [2.05, 4.69) is 10.2 Å². The summed E-state index contributed by atoms with van der Waals surface area (Å²) in [6.45, 7) is 3.96.